The Labute approximate surface area is 849 Å². The minimum atomic E-state index is -2.11. The van der Waals surface area contributed by atoms with Crippen LogP contribution in [0.3, 0.4) is 0 Å². The fourth-order valence-electron chi connectivity index (χ4n) is 14.7. The van der Waals surface area contributed by atoms with E-state index >= 15 is 0 Å². The summed E-state index contributed by atoms with van der Waals surface area (Å²) in [5.41, 5.74) is 28.3. The van der Waals surface area contributed by atoms with Gasteiger partial charge in [0.05, 0.1) is 38.8 Å². The third-order valence-corrected chi connectivity index (χ3v) is 23.6. The molecule has 1 aromatic rings. The van der Waals surface area contributed by atoms with Gasteiger partial charge >= 0.3 is 17.9 Å². The number of benzene rings is 1. The second-order valence-electron chi connectivity index (χ2n) is 37.1. The van der Waals surface area contributed by atoms with E-state index in [0.717, 1.165) is 32.6 Å². The number of likely N-dealkylation sites (tertiary alicyclic amines) is 1. The SMILES string of the molecule is CC[C@H](C)[C@H](NC(=O)[C@H](CO)NC(=O)[C@H](CCCCN)NC(=O)[C@@H](NC(=O)[C@@H](NC(=O)[C@@H](NC(=O)[C@@H](N)CO)[C@@H](C)CC)C(C)C)[C@@H](C)O)C(=O)N[C@H](C(=O)N[C@@H](CC(N)=O)C(=O)N[C@@H](C)C(=O)N[C@@H](CC(=O)O)C(=O)N[C@@H](C)C(=O)N[C@@H](CCC(=O)O)C(=O)N[C@@H](C)C(=O)N[C@@H](CCCN=C(N)N)C(=O)N[C@@H](Cc1ccc(O)cc1)C(=O)N[C@@H](CC(C)C)C(=O)N[C@@H](CO)C(=O)N1CCC[C@H]1C(=O)NCC(=O)O)C(C)C. The lowest BCUT2D eigenvalue weighted by Crippen LogP contribution is -2.63. The van der Waals surface area contributed by atoms with Crippen molar-refractivity contribution in [3.8, 4) is 5.75 Å². The van der Waals surface area contributed by atoms with Crippen molar-refractivity contribution < 1.29 is 151 Å². The monoisotopic (exact) mass is 2090 g/mol. The Morgan fingerprint density at radius 2 is 0.789 bits per heavy atom. The van der Waals surface area contributed by atoms with Crippen LogP contribution in [0.5, 0.6) is 5.75 Å². The van der Waals surface area contributed by atoms with Crippen molar-refractivity contribution in [3.05, 3.63) is 29.8 Å². The van der Waals surface area contributed by atoms with Gasteiger partial charge in [-0.15, -0.1) is 0 Å². The first-order valence-electron chi connectivity index (χ1n) is 48.3. The number of aromatic hydroxyl groups is 1. The molecule has 1 saturated heterocycles. The molecule has 36 N–H and O–H groups in total. The zero-order valence-corrected chi connectivity index (χ0v) is 85.0. The molecule has 1 aromatic carbocycles. The first-order chi connectivity index (χ1) is 68.8. The summed E-state index contributed by atoms with van der Waals surface area (Å²) in [5.74, 6) is -30.4. The van der Waals surface area contributed by atoms with Crippen LogP contribution >= 0.6 is 0 Å². The van der Waals surface area contributed by atoms with Gasteiger partial charge in [-0.25, -0.2) is 0 Å². The number of carbonyl (C=O) groups is 23. The molecule has 2 rings (SSSR count). The summed E-state index contributed by atoms with van der Waals surface area (Å²) in [6.07, 6.45) is -5.06. The molecule has 22 atom stereocenters. The van der Waals surface area contributed by atoms with Crippen molar-refractivity contribution in [2.75, 3.05) is 46.0 Å². The number of nitrogens with one attached hydrogen (secondary N) is 18. The van der Waals surface area contributed by atoms with E-state index in [1.165, 1.54) is 45.0 Å². The molecule has 0 saturated carbocycles. The van der Waals surface area contributed by atoms with Crippen LogP contribution in [0.25, 0.3) is 0 Å². The van der Waals surface area contributed by atoms with Crippen molar-refractivity contribution in [1.82, 2.24) is 101 Å². The number of phenols is 1. The number of rotatable bonds is 67. The largest absolute Gasteiger partial charge is 0.508 e. The summed E-state index contributed by atoms with van der Waals surface area (Å²) < 4.78 is 0. The number of aliphatic imine (C=N–C) groups is 1. The molecule has 1 fully saturated rings. The van der Waals surface area contributed by atoms with Crippen LogP contribution in [0.1, 0.15) is 192 Å². The molecule has 0 spiro atoms. The zero-order valence-electron chi connectivity index (χ0n) is 85.0. The van der Waals surface area contributed by atoms with Gasteiger partial charge in [0.15, 0.2) is 5.96 Å². The maximum absolute atomic E-state index is 14.6. The number of guanidine groups is 1. The molecule has 20 amide bonds. The minimum Gasteiger partial charge on any atom is -0.508 e. The summed E-state index contributed by atoms with van der Waals surface area (Å²) >= 11 is 0. The lowest BCUT2D eigenvalue weighted by molar-refractivity contribution is -0.143. The van der Waals surface area contributed by atoms with Crippen molar-refractivity contribution in [3.63, 3.8) is 0 Å². The highest BCUT2D eigenvalue weighted by molar-refractivity contribution is 6.03. The first kappa shape index (κ1) is 129. The second-order valence-corrected chi connectivity index (χ2v) is 37.1. The highest BCUT2D eigenvalue weighted by Gasteiger charge is 2.44. The number of hydrogen-bond donors (Lipinski definition) is 31. The molecule has 0 unspecified atom stereocenters. The number of phenolic OH excluding ortho intramolecular Hbond substituents is 1. The number of nitrogens with two attached hydrogens (primary N) is 5. The van der Waals surface area contributed by atoms with Gasteiger partial charge in [0.25, 0.3) is 0 Å². The minimum absolute atomic E-state index is 0.00335. The Kier molecular flexibility index (Phi) is 56.7. The average Bonchev–Trinajstić information content (AvgIpc) is 1.63. The quantitative estimate of drug-likeness (QED) is 0.0164. The number of unbranched alkanes of at least 4 members (excludes halogenated alkanes) is 1. The number of carboxylic acids is 3. The van der Waals surface area contributed by atoms with Crippen LogP contribution in [-0.4, -0.2) is 355 Å². The summed E-state index contributed by atoms with van der Waals surface area (Å²) in [6.45, 7) is 16.4. The average molecular weight is 2090 g/mol. The van der Waals surface area contributed by atoms with E-state index in [0.29, 0.717) is 24.8 Å². The van der Waals surface area contributed by atoms with E-state index in [9.17, 15) is 146 Å². The van der Waals surface area contributed by atoms with Gasteiger partial charge in [0.1, 0.15) is 127 Å². The number of carbonyl (C=O) groups excluding carboxylic acids is 20. The van der Waals surface area contributed by atoms with Gasteiger partial charge in [-0.3, -0.25) is 115 Å². The lowest BCUT2D eigenvalue weighted by Gasteiger charge is -2.31. The third kappa shape index (κ3) is 45.2. The Bertz CT molecular complexity index is 4720. The van der Waals surface area contributed by atoms with Crippen molar-refractivity contribution in [1.29, 1.82) is 0 Å². The number of aliphatic carboxylic acids is 3. The molecule has 1 aliphatic rings. The predicted molar refractivity (Wildman–Crippen MR) is 522 cm³/mol. The molecule has 1 heterocycles. The lowest BCUT2D eigenvalue weighted by atomic mass is 9.96. The number of carboxylic acid groups (broad SMARTS) is 3. The normalized spacial score (nSPS) is 16.5. The molecular formula is C91H151N25O31. The number of aliphatic hydroxyl groups is 4. The van der Waals surface area contributed by atoms with Crippen molar-refractivity contribution in [2.24, 2.45) is 63.3 Å². The van der Waals surface area contributed by atoms with E-state index in [4.69, 9.17) is 33.8 Å². The van der Waals surface area contributed by atoms with Gasteiger partial charge in [-0.1, -0.05) is 94.2 Å². The Balaban J connectivity index is 2.40. The summed E-state index contributed by atoms with van der Waals surface area (Å²) in [6, 6.07) is -26.1. The van der Waals surface area contributed by atoms with Crippen LogP contribution in [-0.2, 0) is 117 Å². The Morgan fingerprint density at radius 3 is 1.23 bits per heavy atom. The number of amides is 20. The van der Waals surface area contributed by atoms with Gasteiger partial charge in [-0.05, 0) is 139 Å². The third-order valence-electron chi connectivity index (χ3n) is 23.6. The zero-order chi connectivity index (χ0) is 112. The smallest absolute Gasteiger partial charge is 0.322 e. The number of aliphatic hydroxyl groups excluding tert-OH is 4. The molecule has 0 bridgehead atoms. The molecule has 0 aromatic heterocycles. The maximum Gasteiger partial charge on any atom is 0.322 e. The highest BCUT2D eigenvalue weighted by atomic mass is 16.4. The molecule has 0 radical (unpaired) electrons. The molecule has 147 heavy (non-hydrogen) atoms. The summed E-state index contributed by atoms with van der Waals surface area (Å²) in [7, 11) is 0. The van der Waals surface area contributed by atoms with E-state index in [2.05, 4.69) is 101 Å². The Hall–Kier alpha value is -14.1. The van der Waals surface area contributed by atoms with Crippen LogP contribution in [0.4, 0.5) is 0 Å². The molecule has 826 valence electrons. The number of nitrogens with zero attached hydrogens (tertiary/aromatic N) is 2. The van der Waals surface area contributed by atoms with E-state index < -0.39 is 333 Å². The molecule has 56 nitrogen and oxygen atoms in total. The van der Waals surface area contributed by atoms with E-state index in [-0.39, 0.29) is 88.6 Å². The Morgan fingerprint density at radius 1 is 0.408 bits per heavy atom. The standard InChI is InChI=1S/C91H151N25O31/c1-15-44(9)69(113-75(132)52(93)38-117)87(144)112-68(43(7)8)86(143)115-71(49(14)120)89(146)104-53(21-17-18-30-92)78(135)109-60(39-118)83(140)114-70(45(10)16-2)88(145)111-67(42(5)6)85(142)108-58(35-63(94)122)79(136)100-48(13)74(131)105-59(36-65(125)126)80(137)101-47(12)73(130)103-55(28-29-64(123)124)76(133)99-46(11)72(129)102-54(22-19-31-97-91(95)96)77(134)107-57(34-50-24-26-51(121)27-25-50)82(139)106-56(33-41(3)4)81(138)110-61(40-119)90(147)116-32-20-23-62(116)84(141)98-37-66(127)128/h24-27,41-49,52-62,67-71,117-121H,15-23,28-40,92-93H2,1-14H3,(H2,94,122)(H,98,141)(H,99,133)(H,100,136)(H,101,137)(H,102,129)(H,103,130)(H,104,146)(H,105,131)(H,106,139)(H,107,134)(H,108,142)(H,109,135)(H,110,138)(H,111,145)(H,112,144)(H,113,132)(H,114,140)(H,115,143)(H,123,124)(H,125,126)(H,127,128)(H4,95,96,97)/t44-,45-,46-,47-,48-,49+,52-,53-,54-,55-,56-,57-,58-,59-,60-,61-,62-,67-,68-,69-,70-,71-/m0/s1. The first-order valence-corrected chi connectivity index (χ1v) is 48.3. The number of hydrogen-bond acceptors (Lipinski definition) is 31. The van der Waals surface area contributed by atoms with Crippen LogP contribution in [0.2, 0.25) is 0 Å². The number of primary amides is 1. The van der Waals surface area contributed by atoms with E-state index in [1.54, 1.807) is 48.5 Å². The fourth-order valence-corrected chi connectivity index (χ4v) is 14.7. The van der Waals surface area contributed by atoms with Crippen molar-refractivity contribution in [2.45, 2.75) is 314 Å². The van der Waals surface area contributed by atoms with Crippen molar-refractivity contribution >= 4 is 142 Å². The molecule has 1 aliphatic heterocycles. The summed E-state index contributed by atoms with van der Waals surface area (Å²) in [4.78, 5) is 319. The molecule has 56 heteroatoms. The van der Waals surface area contributed by atoms with Gasteiger partial charge < -0.3 is 170 Å². The summed E-state index contributed by atoms with van der Waals surface area (Å²) in [5, 5.41) is 123. The van der Waals surface area contributed by atoms with Crippen LogP contribution in [0, 0.1) is 29.6 Å². The van der Waals surface area contributed by atoms with Crippen LogP contribution in [0.15, 0.2) is 29.3 Å². The van der Waals surface area contributed by atoms with Gasteiger partial charge in [0.2, 0.25) is 118 Å². The van der Waals surface area contributed by atoms with Gasteiger partial charge in [0, 0.05) is 25.9 Å². The molecule has 0 aliphatic carbocycles. The second kappa shape index (κ2) is 64.7. The highest BCUT2D eigenvalue weighted by Crippen LogP contribution is 2.22. The topological polar surface area (TPSA) is 917 Å². The molecular weight excluding hydrogens is 1940 g/mol. The fraction of sp³-hybridized carbons (Fsp3) is 0.670. The predicted octanol–water partition coefficient (Wildman–Crippen LogP) is -11.0. The van der Waals surface area contributed by atoms with Crippen LogP contribution < -0.4 is 124 Å². The van der Waals surface area contributed by atoms with Gasteiger partial charge in [-0.2, -0.15) is 0 Å². The maximum atomic E-state index is 14.6. The van der Waals surface area contributed by atoms with E-state index in [1.807, 2.05) is 0 Å².